The van der Waals surface area contributed by atoms with Crippen LogP contribution in [0.15, 0.2) is 6.20 Å². The zero-order chi connectivity index (χ0) is 10.3. The Hall–Kier alpha value is -1.74. The molecule has 0 bridgehead atoms. The number of H-pyrrole nitrogens is 1. The van der Waals surface area contributed by atoms with Crippen LogP contribution in [-0.4, -0.2) is 4.98 Å². The fourth-order valence-electron chi connectivity index (χ4n) is 2.09. The van der Waals surface area contributed by atoms with Gasteiger partial charge in [0.1, 0.15) is 0 Å². The van der Waals surface area contributed by atoms with Crippen LogP contribution >= 0.6 is 0 Å². The van der Waals surface area contributed by atoms with Crippen LogP contribution in [0.4, 0.5) is 0 Å². The third kappa shape index (κ3) is 0.961. The normalized spacial score (nSPS) is 22.4. The van der Waals surface area contributed by atoms with E-state index in [2.05, 4.69) is 17.1 Å². The fraction of sp³-hybridized carbons (Fsp3) is 0.455. The van der Waals surface area contributed by atoms with Gasteiger partial charge in [-0.1, -0.05) is 0 Å². The first-order chi connectivity index (χ1) is 6.64. The Kier molecular flexibility index (Phi) is 1.66. The lowest BCUT2D eigenvalue weighted by atomic mass is 10.00. The SMILES string of the molecule is Cc1c[nH]c(C)c1C1CC1(C#N)C#N. The quantitative estimate of drug-likeness (QED) is 0.728. The minimum absolute atomic E-state index is 0.115. The summed E-state index contributed by atoms with van der Waals surface area (Å²) in [5.41, 5.74) is 2.64. The Morgan fingerprint density at radius 2 is 2.07 bits per heavy atom. The lowest BCUT2D eigenvalue weighted by molar-refractivity contribution is 0.834. The van der Waals surface area contributed by atoms with E-state index in [1.807, 2.05) is 20.0 Å². The Morgan fingerprint density at radius 1 is 1.43 bits per heavy atom. The highest BCUT2D eigenvalue weighted by Gasteiger charge is 2.57. The predicted molar refractivity (Wildman–Crippen MR) is 51.3 cm³/mol. The molecule has 1 aliphatic carbocycles. The van der Waals surface area contributed by atoms with Crippen molar-refractivity contribution in [2.24, 2.45) is 5.41 Å². The summed E-state index contributed by atoms with van der Waals surface area (Å²) in [4.78, 5) is 3.13. The molecule has 1 aromatic heterocycles. The molecule has 1 N–H and O–H groups in total. The van der Waals surface area contributed by atoms with Gasteiger partial charge in [-0.25, -0.2) is 0 Å². The second-order valence-electron chi connectivity index (χ2n) is 3.96. The zero-order valence-corrected chi connectivity index (χ0v) is 8.26. The van der Waals surface area contributed by atoms with Crippen LogP contribution in [0.2, 0.25) is 0 Å². The highest BCUT2D eigenvalue weighted by molar-refractivity contribution is 5.46. The van der Waals surface area contributed by atoms with E-state index in [0.29, 0.717) is 6.42 Å². The second-order valence-corrected chi connectivity index (χ2v) is 3.96. The first kappa shape index (κ1) is 8.84. The van der Waals surface area contributed by atoms with Crippen LogP contribution in [-0.2, 0) is 0 Å². The van der Waals surface area contributed by atoms with E-state index in [4.69, 9.17) is 10.5 Å². The molecule has 0 spiro atoms. The van der Waals surface area contributed by atoms with Gasteiger partial charge in [0.05, 0.1) is 12.1 Å². The van der Waals surface area contributed by atoms with Crippen molar-refractivity contribution in [1.29, 1.82) is 10.5 Å². The molecule has 0 aromatic carbocycles. The van der Waals surface area contributed by atoms with Gasteiger partial charge in [-0.15, -0.1) is 0 Å². The zero-order valence-electron chi connectivity index (χ0n) is 8.26. The standard InChI is InChI=1S/C11H11N3/c1-7-4-14-8(2)10(7)9-3-11(9,5-12)6-13/h4,9,14H,3H2,1-2H3. The van der Waals surface area contributed by atoms with Crippen molar-refractivity contribution in [3.8, 4) is 12.1 Å². The Morgan fingerprint density at radius 3 is 2.43 bits per heavy atom. The Balaban J connectivity index is 2.39. The smallest absolute Gasteiger partial charge is 0.151 e. The maximum absolute atomic E-state index is 8.92. The predicted octanol–water partition coefficient (Wildman–Crippen LogP) is 2.15. The van der Waals surface area contributed by atoms with Gasteiger partial charge < -0.3 is 4.98 Å². The fourth-order valence-corrected chi connectivity index (χ4v) is 2.09. The molecule has 1 aromatic rings. The Bertz CT molecular complexity index is 422. The summed E-state index contributed by atoms with van der Waals surface area (Å²) in [5, 5.41) is 17.8. The van der Waals surface area contributed by atoms with Gasteiger partial charge in [-0.05, 0) is 31.4 Å². The van der Waals surface area contributed by atoms with Crippen molar-refractivity contribution in [2.75, 3.05) is 0 Å². The first-order valence-electron chi connectivity index (χ1n) is 4.61. The number of aryl methyl sites for hydroxylation is 2. The van der Waals surface area contributed by atoms with Gasteiger partial charge >= 0.3 is 0 Å². The van der Waals surface area contributed by atoms with Gasteiger partial charge in [0.15, 0.2) is 5.41 Å². The topological polar surface area (TPSA) is 63.4 Å². The van der Waals surface area contributed by atoms with Crippen LogP contribution < -0.4 is 0 Å². The van der Waals surface area contributed by atoms with Crippen molar-refractivity contribution in [2.45, 2.75) is 26.2 Å². The van der Waals surface area contributed by atoms with E-state index in [1.165, 1.54) is 0 Å². The molecule has 70 valence electrons. The van der Waals surface area contributed by atoms with E-state index in [9.17, 15) is 0 Å². The summed E-state index contributed by atoms with van der Waals surface area (Å²) in [6.07, 6.45) is 2.61. The van der Waals surface area contributed by atoms with Crippen LogP contribution in [0.1, 0.15) is 29.2 Å². The van der Waals surface area contributed by atoms with Gasteiger partial charge in [0.2, 0.25) is 0 Å². The molecule has 0 aliphatic heterocycles. The summed E-state index contributed by atoms with van der Waals surface area (Å²) >= 11 is 0. The minimum atomic E-state index is -0.752. The lowest BCUT2D eigenvalue weighted by Gasteiger charge is -2.00. The molecule has 3 nitrogen and oxygen atoms in total. The summed E-state index contributed by atoms with van der Waals surface area (Å²) in [5.74, 6) is 0.115. The highest BCUT2D eigenvalue weighted by Crippen LogP contribution is 2.59. The number of aromatic amines is 1. The van der Waals surface area contributed by atoms with E-state index in [0.717, 1.165) is 16.8 Å². The van der Waals surface area contributed by atoms with Gasteiger partial charge in [0, 0.05) is 17.8 Å². The third-order valence-corrected chi connectivity index (χ3v) is 3.04. The molecule has 1 fully saturated rings. The van der Waals surface area contributed by atoms with Crippen molar-refractivity contribution >= 4 is 0 Å². The number of aromatic nitrogens is 1. The van der Waals surface area contributed by atoms with Gasteiger partial charge in [-0.2, -0.15) is 10.5 Å². The molecule has 14 heavy (non-hydrogen) atoms. The van der Waals surface area contributed by atoms with Crippen molar-refractivity contribution in [3.63, 3.8) is 0 Å². The monoisotopic (exact) mass is 185 g/mol. The number of hydrogen-bond acceptors (Lipinski definition) is 2. The van der Waals surface area contributed by atoms with E-state index in [-0.39, 0.29) is 5.92 Å². The maximum Gasteiger partial charge on any atom is 0.151 e. The molecule has 3 heteroatoms. The number of rotatable bonds is 1. The molecule has 1 saturated carbocycles. The van der Waals surface area contributed by atoms with Crippen LogP contribution in [0.25, 0.3) is 0 Å². The lowest BCUT2D eigenvalue weighted by Crippen LogP contribution is -1.97. The summed E-state index contributed by atoms with van der Waals surface area (Å²) in [6.45, 7) is 4.00. The number of nitrogens with one attached hydrogen (secondary N) is 1. The molecule has 0 radical (unpaired) electrons. The van der Waals surface area contributed by atoms with Crippen LogP contribution in [0.5, 0.6) is 0 Å². The average Bonchev–Trinajstić information content (AvgIpc) is 2.82. The number of hydrogen-bond donors (Lipinski definition) is 1. The molecule has 1 heterocycles. The van der Waals surface area contributed by atoms with E-state index >= 15 is 0 Å². The van der Waals surface area contributed by atoms with Crippen LogP contribution in [0.3, 0.4) is 0 Å². The number of nitriles is 2. The third-order valence-electron chi connectivity index (χ3n) is 3.04. The molecule has 0 amide bonds. The maximum atomic E-state index is 8.92. The molecule has 2 rings (SSSR count). The van der Waals surface area contributed by atoms with E-state index in [1.54, 1.807) is 0 Å². The molecular weight excluding hydrogens is 174 g/mol. The average molecular weight is 185 g/mol. The van der Waals surface area contributed by atoms with E-state index < -0.39 is 5.41 Å². The summed E-state index contributed by atoms with van der Waals surface area (Å²) < 4.78 is 0. The molecule has 1 atom stereocenters. The largest absolute Gasteiger partial charge is 0.365 e. The highest BCUT2D eigenvalue weighted by atomic mass is 14.7. The second kappa shape index (κ2) is 2.62. The molecule has 1 unspecified atom stereocenters. The van der Waals surface area contributed by atoms with Crippen LogP contribution in [0, 0.1) is 41.9 Å². The van der Waals surface area contributed by atoms with Gasteiger partial charge in [-0.3, -0.25) is 0 Å². The van der Waals surface area contributed by atoms with Crippen molar-refractivity contribution < 1.29 is 0 Å². The van der Waals surface area contributed by atoms with Gasteiger partial charge in [0.25, 0.3) is 0 Å². The molecular formula is C11H11N3. The molecule has 1 aliphatic rings. The number of nitrogens with zero attached hydrogens (tertiary/aromatic N) is 2. The van der Waals surface area contributed by atoms with Crippen molar-refractivity contribution in [3.05, 3.63) is 23.0 Å². The first-order valence-corrected chi connectivity index (χ1v) is 4.61. The molecule has 0 saturated heterocycles. The summed E-state index contributed by atoms with van der Waals surface area (Å²) in [7, 11) is 0. The minimum Gasteiger partial charge on any atom is -0.365 e. The summed E-state index contributed by atoms with van der Waals surface area (Å²) in [6, 6.07) is 4.24. The van der Waals surface area contributed by atoms with Crippen molar-refractivity contribution in [1.82, 2.24) is 4.98 Å². The Labute approximate surface area is 83.0 Å².